The zero-order valence-electron chi connectivity index (χ0n) is 10.5. The van der Waals surface area contributed by atoms with Crippen molar-refractivity contribution in [1.29, 1.82) is 0 Å². The van der Waals surface area contributed by atoms with Crippen LogP contribution in [0.25, 0.3) is 0 Å². The molecular weight excluding hydrogens is 228 g/mol. The summed E-state index contributed by atoms with van der Waals surface area (Å²) >= 11 is 0. The molecule has 1 N–H and O–H groups in total. The molecule has 0 aromatic heterocycles. The third-order valence-corrected chi connectivity index (χ3v) is 3.97. The second-order valence-corrected chi connectivity index (χ2v) is 5.30. The van der Waals surface area contributed by atoms with E-state index in [4.69, 9.17) is 9.47 Å². The van der Waals surface area contributed by atoms with Gasteiger partial charge in [-0.1, -0.05) is 30.3 Å². The van der Waals surface area contributed by atoms with Gasteiger partial charge in [0.25, 0.3) is 0 Å². The molecule has 2 fully saturated rings. The summed E-state index contributed by atoms with van der Waals surface area (Å²) in [6.07, 6.45) is 4.88. The van der Waals surface area contributed by atoms with Gasteiger partial charge in [0.15, 0.2) is 5.79 Å². The van der Waals surface area contributed by atoms with E-state index in [1.165, 1.54) is 5.56 Å². The van der Waals surface area contributed by atoms with E-state index in [0.717, 1.165) is 32.1 Å². The Morgan fingerprint density at radius 1 is 1.06 bits per heavy atom. The van der Waals surface area contributed by atoms with E-state index in [1.54, 1.807) is 0 Å². The van der Waals surface area contributed by atoms with Crippen molar-refractivity contribution in [3.05, 3.63) is 35.9 Å². The summed E-state index contributed by atoms with van der Waals surface area (Å²) in [4.78, 5) is 0. The standard InChI is InChI=1S/C15H20O3/c16-11-14-13(10-12-6-2-1-3-7-12)17-15(18-14)8-4-5-9-15/h1-3,6-7,13-14,16H,4-5,8-11H2. The minimum Gasteiger partial charge on any atom is -0.394 e. The molecule has 0 bridgehead atoms. The maximum Gasteiger partial charge on any atom is 0.169 e. The molecule has 3 rings (SSSR count). The number of aliphatic hydroxyl groups excluding tert-OH is 1. The van der Waals surface area contributed by atoms with E-state index in [9.17, 15) is 5.11 Å². The molecule has 0 radical (unpaired) electrons. The van der Waals surface area contributed by atoms with E-state index >= 15 is 0 Å². The molecule has 0 amide bonds. The molecule has 3 nitrogen and oxygen atoms in total. The van der Waals surface area contributed by atoms with Gasteiger partial charge in [0.05, 0.1) is 12.7 Å². The van der Waals surface area contributed by atoms with Gasteiger partial charge in [0.1, 0.15) is 6.10 Å². The SMILES string of the molecule is OCC1OC2(CCCC2)OC1Cc1ccccc1. The molecule has 1 aliphatic heterocycles. The van der Waals surface area contributed by atoms with E-state index in [-0.39, 0.29) is 18.8 Å². The third kappa shape index (κ3) is 2.30. The Kier molecular flexibility index (Phi) is 3.37. The van der Waals surface area contributed by atoms with Crippen molar-refractivity contribution in [1.82, 2.24) is 0 Å². The quantitative estimate of drug-likeness (QED) is 0.892. The van der Waals surface area contributed by atoms with Crippen molar-refractivity contribution in [3.8, 4) is 0 Å². The van der Waals surface area contributed by atoms with Crippen molar-refractivity contribution < 1.29 is 14.6 Å². The molecule has 1 spiro atoms. The molecule has 98 valence electrons. The first-order chi connectivity index (χ1) is 8.81. The van der Waals surface area contributed by atoms with Crippen LogP contribution in [0.4, 0.5) is 0 Å². The van der Waals surface area contributed by atoms with E-state index < -0.39 is 5.79 Å². The zero-order valence-corrected chi connectivity index (χ0v) is 10.5. The van der Waals surface area contributed by atoms with Crippen LogP contribution in [-0.2, 0) is 15.9 Å². The van der Waals surface area contributed by atoms with Gasteiger partial charge >= 0.3 is 0 Å². The fraction of sp³-hybridized carbons (Fsp3) is 0.600. The van der Waals surface area contributed by atoms with Crippen LogP contribution in [-0.4, -0.2) is 29.7 Å². The highest BCUT2D eigenvalue weighted by atomic mass is 16.8. The summed E-state index contributed by atoms with van der Waals surface area (Å²) in [5.74, 6) is -0.396. The monoisotopic (exact) mass is 248 g/mol. The highest BCUT2D eigenvalue weighted by molar-refractivity contribution is 5.16. The molecule has 1 aliphatic carbocycles. The molecule has 1 saturated carbocycles. The molecule has 2 atom stereocenters. The van der Waals surface area contributed by atoms with Gasteiger partial charge in [-0.15, -0.1) is 0 Å². The van der Waals surface area contributed by atoms with Gasteiger partial charge in [-0.2, -0.15) is 0 Å². The highest BCUT2D eigenvalue weighted by Gasteiger charge is 2.48. The maximum atomic E-state index is 9.45. The number of hydrogen-bond donors (Lipinski definition) is 1. The van der Waals surface area contributed by atoms with E-state index in [2.05, 4.69) is 12.1 Å². The lowest BCUT2D eigenvalue weighted by Crippen LogP contribution is -2.28. The zero-order chi connectivity index (χ0) is 12.4. The molecule has 2 unspecified atom stereocenters. The fourth-order valence-corrected chi connectivity index (χ4v) is 3.06. The lowest BCUT2D eigenvalue weighted by molar-refractivity contribution is -0.171. The Morgan fingerprint density at radius 2 is 1.72 bits per heavy atom. The Labute approximate surface area is 108 Å². The van der Waals surface area contributed by atoms with Crippen molar-refractivity contribution in [2.75, 3.05) is 6.61 Å². The molecule has 3 heteroatoms. The predicted octanol–water partition coefficient (Wildman–Crippen LogP) is 2.28. The van der Waals surface area contributed by atoms with Gasteiger partial charge in [-0.05, 0) is 18.4 Å². The van der Waals surface area contributed by atoms with Gasteiger partial charge in [0, 0.05) is 19.3 Å². The van der Waals surface area contributed by atoms with Crippen LogP contribution in [0.3, 0.4) is 0 Å². The third-order valence-electron chi connectivity index (χ3n) is 3.97. The number of ether oxygens (including phenoxy) is 2. The molecule has 1 saturated heterocycles. The minimum absolute atomic E-state index is 0.0181. The average Bonchev–Trinajstić information content (AvgIpc) is 2.99. The Hall–Kier alpha value is -0.900. The van der Waals surface area contributed by atoms with Gasteiger partial charge in [-0.25, -0.2) is 0 Å². The molecule has 18 heavy (non-hydrogen) atoms. The largest absolute Gasteiger partial charge is 0.394 e. The Morgan fingerprint density at radius 3 is 2.39 bits per heavy atom. The van der Waals surface area contributed by atoms with Gasteiger partial charge in [0.2, 0.25) is 0 Å². The number of hydrogen-bond acceptors (Lipinski definition) is 3. The summed E-state index contributed by atoms with van der Waals surface area (Å²) in [7, 11) is 0. The second kappa shape index (κ2) is 5.00. The number of benzene rings is 1. The smallest absolute Gasteiger partial charge is 0.169 e. The summed E-state index contributed by atoms with van der Waals surface area (Å²) in [6, 6.07) is 10.3. The van der Waals surface area contributed by atoms with Crippen LogP contribution in [0, 0.1) is 0 Å². The Balaban J connectivity index is 1.71. The summed E-state index contributed by atoms with van der Waals surface area (Å²) in [5, 5.41) is 9.45. The average molecular weight is 248 g/mol. The van der Waals surface area contributed by atoms with Crippen LogP contribution in [0.15, 0.2) is 30.3 Å². The molecule has 1 heterocycles. The molecular formula is C15H20O3. The number of rotatable bonds is 3. The van der Waals surface area contributed by atoms with Crippen molar-refractivity contribution in [2.24, 2.45) is 0 Å². The van der Waals surface area contributed by atoms with Crippen LogP contribution >= 0.6 is 0 Å². The molecule has 1 aromatic carbocycles. The number of aliphatic hydroxyl groups is 1. The second-order valence-electron chi connectivity index (χ2n) is 5.30. The lowest BCUT2D eigenvalue weighted by Gasteiger charge is -2.21. The highest BCUT2D eigenvalue weighted by Crippen LogP contribution is 2.42. The molecule has 1 aromatic rings. The predicted molar refractivity (Wildman–Crippen MR) is 68.2 cm³/mol. The van der Waals surface area contributed by atoms with E-state index in [0.29, 0.717) is 0 Å². The van der Waals surface area contributed by atoms with Crippen LogP contribution in [0.1, 0.15) is 31.2 Å². The van der Waals surface area contributed by atoms with Crippen molar-refractivity contribution >= 4 is 0 Å². The topological polar surface area (TPSA) is 38.7 Å². The normalized spacial score (nSPS) is 30.1. The van der Waals surface area contributed by atoms with E-state index in [1.807, 2.05) is 18.2 Å². The fourth-order valence-electron chi connectivity index (χ4n) is 3.06. The van der Waals surface area contributed by atoms with Crippen LogP contribution in [0.5, 0.6) is 0 Å². The maximum absolute atomic E-state index is 9.45. The summed E-state index contributed by atoms with van der Waals surface area (Å²) in [6.45, 7) is 0.0409. The van der Waals surface area contributed by atoms with Gasteiger partial charge in [-0.3, -0.25) is 0 Å². The van der Waals surface area contributed by atoms with Crippen molar-refractivity contribution in [3.63, 3.8) is 0 Å². The van der Waals surface area contributed by atoms with Gasteiger partial charge < -0.3 is 14.6 Å². The lowest BCUT2D eigenvalue weighted by atomic mass is 10.0. The van der Waals surface area contributed by atoms with Crippen molar-refractivity contribution in [2.45, 2.75) is 50.1 Å². The minimum atomic E-state index is -0.396. The Bertz CT molecular complexity index is 384. The summed E-state index contributed by atoms with van der Waals surface area (Å²) in [5.41, 5.74) is 1.24. The summed E-state index contributed by atoms with van der Waals surface area (Å²) < 4.78 is 12.1. The first-order valence-corrected chi connectivity index (χ1v) is 6.82. The van der Waals surface area contributed by atoms with Crippen LogP contribution < -0.4 is 0 Å². The first-order valence-electron chi connectivity index (χ1n) is 6.82. The first kappa shape index (κ1) is 12.2. The van der Waals surface area contributed by atoms with Crippen LogP contribution in [0.2, 0.25) is 0 Å². The molecule has 2 aliphatic rings.